The second-order valence-corrected chi connectivity index (χ2v) is 6.01. The fourth-order valence-electron chi connectivity index (χ4n) is 2.84. The van der Waals surface area contributed by atoms with Gasteiger partial charge in [0.1, 0.15) is 0 Å². The van der Waals surface area contributed by atoms with Crippen LogP contribution < -0.4 is 5.32 Å². The minimum absolute atomic E-state index is 0.0408. The van der Waals surface area contributed by atoms with Crippen LogP contribution in [-0.2, 0) is 4.79 Å². The molecule has 3 unspecified atom stereocenters. The molecule has 1 saturated heterocycles. The molecule has 3 heteroatoms. The fraction of sp³-hybridized carbons (Fsp3) is 0.933. The van der Waals surface area contributed by atoms with E-state index in [0.717, 1.165) is 19.3 Å². The minimum atomic E-state index is 0.0408. The lowest BCUT2D eigenvalue weighted by Crippen LogP contribution is -2.42. The van der Waals surface area contributed by atoms with Crippen molar-refractivity contribution in [1.82, 2.24) is 10.2 Å². The SMILES string of the molecule is CCCCC(C)N1C(=O)C(CC(C)C)NC1CC. The van der Waals surface area contributed by atoms with Gasteiger partial charge in [-0.05, 0) is 32.1 Å². The molecule has 106 valence electrons. The molecule has 0 aliphatic carbocycles. The summed E-state index contributed by atoms with van der Waals surface area (Å²) >= 11 is 0. The first-order valence-corrected chi connectivity index (χ1v) is 7.59. The smallest absolute Gasteiger partial charge is 0.241 e. The molecular formula is C15H30N2O. The Morgan fingerprint density at radius 2 is 1.94 bits per heavy atom. The van der Waals surface area contributed by atoms with Gasteiger partial charge in [0.05, 0.1) is 12.2 Å². The van der Waals surface area contributed by atoms with Crippen molar-refractivity contribution in [3.63, 3.8) is 0 Å². The van der Waals surface area contributed by atoms with Crippen molar-refractivity contribution < 1.29 is 4.79 Å². The molecule has 1 amide bonds. The Labute approximate surface area is 112 Å². The van der Waals surface area contributed by atoms with Crippen molar-refractivity contribution in [1.29, 1.82) is 0 Å². The predicted octanol–water partition coefficient (Wildman–Crippen LogP) is 3.15. The summed E-state index contributed by atoms with van der Waals surface area (Å²) in [5, 5.41) is 3.51. The first-order chi connectivity index (χ1) is 8.51. The molecule has 0 aromatic carbocycles. The largest absolute Gasteiger partial charge is 0.323 e. The van der Waals surface area contributed by atoms with Crippen LogP contribution in [0.3, 0.4) is 0 Å². The predicted molar refractivity (Wildman–Crippen MR) is 76.3 cm³/mol. The summed E-state index contributed by atoms with van der Waals surface area (Å²) in [5.41, 5.74) is 0. The molecule has 1 aliphatic rings. The van der Waals surface area contributed by atoms with Gasteiger partial charge in [0, 0.05) is 6.04 Å². The third kappa shape index (κ3) is 3.71. The molecule has 1 aliphatic heterocycles. The van der Waals surface area contributed by atoms with E-state index in [0.29, 0.717) is 17.9 Å². The van der Waals surface area contributed by atoms with E-state index >= 15 is 0 Å². The van der Waals surface area contributed by atoms with Crippen LogP contribution in [0.25, 0.3) is 0 Å². The van der Waals surface area contributed by atoms with E-state index in [1.54, 1.807) is 0 Å². The van der Waals surface area contributed by atoms with Crippen LogP contribution in [-0.4, -0.2) is 29.1 Å². The van der Waals surface area contributed by atoms with Crippen LogP contribution in [0.2, 0.25) is 0 Å². The zero-order valence-electron chi connectivity index (χ0n) is 12.7. The van der Waals surface area contributed by atoms with Crippen molar-refractivity contribution in [3.05, 3.63) is 0 Å². The first-order valence-electron chi connectivity index (χ1n) is 7.59. The molecule has 0 radical (unpaired) electrons. The minimum Gasteiger partial charge on any atom is -0.323 e. The van der Waals surface area contributed by atoms with E-state index in [1.165, 1.54) is 12.8 Å². The summed E-state index contributed by atoms with van der Waals surface area (Å²) in [7, 11) is 0. The van der Waals surface area contributed by atoms with Gasteiger partial charge in [-0.3, -0.25) is 10.1 Å². The van der Waals surface area contributed by atoms with Crippen LogP contribution in [0.1, 0.15) is 66.7 Å². The van der Waals surface area contributed by atoms with Gasteiger partial charge in [-0.25, -0.2) is 0 Å². The van der Waals surface area contributed by atoms with Gasteiger partial charge >= 0.3 is 0 Å². The van der Waals surface area contributed by atoms with Crippen molar-refractivity contribution >= 4 is 5.91 Å². The number of hydrogen-bond donors (Lipinski definition) is 1. The van der Waals surface area contributed by atoms with Gasteiger partial charge < -0.3 is 4.90 Å². The number of amides is 1. The van der Waals surface area contributed by atoms with E-state index < -0.39 is 0 Å². The van der Waals surface area contributed by atoms with E-state index in [9.17, 15) is 4.79 Å². The highest BCUT2D eigenvalue weighted by atomic mass is 16.2. The lowest BCUT2D eigenvalue weighted by molar-refractivity contribution is -0.132. The van der Waals surface area contributed by atoms with Gasteiger partial charge in [-0.15, -0.1) is 0 Å². The summed E-state index contributed by atoms with van der Waals surface area (Å²) < 4.78 is 0. The highest BCUT2D eigenvalue weighted by Gasteiger charge is 2.39. The zero-order chi connectivity index (χ0) is 13.7. The van der Waals surface area contributed by atoms with Crippen molar-refractivity contribution in [2.45, 2.75) is 85.0 Å². The average molecular weight is 254 g/mol. The Balaban J connectivity index is 2.66. The number of hydrogen-bond acceptors (Lipinski definition) is 2. The van der Waals surface area contributed by atoms with Crippen LogP contribution >= 0.6 is 0 Å². The van der Waals surface area contributed by atoms with E-state index in [2.05, 4.69) is 44.8 Å². The summed E-state index contributed by atoms with van der Waals surface area (Å²) in [4.78, 5) is 14.6. The maximum absolute atomic E-state index is 12.5. The van der Waals surface area contributed by atoms with E-state index in [1.807, 2.05) is 0 Å². The number of nitrogens with zero attached hydrogens (tertiary/aromatic N) is 1. The number of carbonyl (C=O) groups excluding carboxylic acids is 1. The zero-order valence-corrected chi connectivity index (χ0v) is 12.7. The maximum atomic E-state index is 12.5. The highest BCUT2D eigenvalue weighted by molar-refractivity contribution is 5.84. The summed E-state index contributed by atoms with van der Waals surface area (Å²) in [5.74, 6) is 0.883. The van der Waals surface area contributed by atoms with E-state index in [-0.39, 0.29) is 12.2 Å². The standard InChI is InChI=1S/C15H30N2O/c1-6-8-9-12(5)17-14(7-2)16-13(15(17)18)10-11(3)4/h11-14,16H,6-10H2,1-5H3. The molecule has 0 aromatic heterocycles. The highest BCUT2D eigenvalue weighted by Crippen LogP contribution is 2.23. The first kappa shape index (κ1) is 15.5. The van der Waals surface area contributed by atoms with Crippen LogP contribution in [0.15, 0.2) is 0 Å². The summed E-state index contributed by atoms with van der Waals surface area (Å²) in [6, 6.07) is 0.408. The third-order valence-electron chi connectivity index (χ3n) is 3.83. The normalized spacial score (nSPS) is 26.1. The monoisotopic (exact) mass is 254 g/mol. The number of nitrogens with one attached hydrogen (secondary N) is 1. The number of carbonyl (C=O) groups is 1. The van der Waals surface area contributed by atoms with Gasteiger partial charge in [0.2, 0.25) is 5.91 Å². The molecule has 1 heterocycles. The molecule has 1 rings (SSSR count). The third-order valence-corrected chi connectivity index (χ3v) is 3.83. The quantitative estimate of drug-likeness (QED) is 0.757. The molecule has 1 N–H and O–H groups in total. The number of unbranched alkanes of at least 4 members (excludes halogenated alkanes) is 1. The Morgan fingerprint density at radius 3 is 2.44 bits per heavy atom. The van der Waals surface area contributed by atoms with Crippen molar-refractivity contribution in [2.75, 3.05) is 0 Å². The van der Waals surface area contributed by atoms with Crippen LogP contribution in [0, 0.1) is 5.92 Å². The lowest BCUT2D eigenvalue weighted by Gasteiger charge is -2.29. The maximum Gasteiger partial charge on any atom is 0.241 e. The second-order valence-electron chi connectivity index (χ2n) is 6.01. The van der Waals surface area contributed by atoms with Gasteiger partial charge in [0.15, 0.2) is 0 Å². The Kier molecular flexibility index (Phi) is 6.13. The topological polar surface area (TPSA) is 32.3 Å². The van der Waals surface area contributed by atoms with Crippen LogP contribution in [0.4, 0.5) is 0 Å². The molecule has 3 atom stereocenters. The van der Waals surface area contributed by atoms with Crippen LogP contribution in [0.5, 0.6) is 0 Å². The number of rotatable bonds is 7. The molecular weight excluding hydrogens is 224 g/mol. The van der Waals surface area contributed by atoms with Gasteiger partial charge in [-0.1, -0.05) is 40.5 Å². The molecule has 0 spiro atoms. The Hall–Kier alpha value is -0.570. The average Bonchev–Trinajstić information content (AvgIpc) is 2.62. The second kappa shape index (κ2) is 7.13. The van der Waals surface area contributed by atoms with Crippen molar-refractivity contribution in [2.24, 2.45) is 5.92 Å². The fourth-order valence-corrected chi connectivity index (χ4v) is 2.84. The summed E-state index contributed by atoms with van der Waals surface area (Å²) in [6.07, 6.45) is 5.72. The molecule has 18 heavy (non-hydrogen) atoms. The van der Waals surface area contributed by atoms with Crippen molar-refractivity contribution in [3.8, 4) is 0 Å². The van der Waals surface area contributed by atoms with Gasteiger partial charge in [0.25, 0.3) is 0 Å². The molecule has 0 bridgehead atoms. The Morgan fingerprint density at radius 1 is 1.28 bits per heavy atom. The molecule has 0 aromatic rings. The lowest BCUT2D eigenvalue weighted by atomic mass is 10.0. The van der Waals surface area contributed by atoms with E-state index in [4.69, 9.17) is 0 Å². The van der Waals surface area contributed by atoms with Gasteiger partial charge in [-0.2, -0.15) is 0 Å². The molecule has 0 saturated carbocycles. The Bertz CT molecular complexity index is 265. The summed E-state index contributed by atoms with van der Waals surface area (Å²) in [6.45, 7) is 10.9. The molecule has 1 fully saturated rings. The molecule has 3 nitrogen and oxygen atoms in total.